The molecule has 1 amide bonds. The van der Waals surface area contributed by atoms with E-state index in [2.05, 4.69) is 53.3 Å². The van der Waals surface area contributed by atoms with E-state index in [0.29, 0.717) is 35.7 Å². The molecule has 0 radical (unpaired) electrons. The molecule has 0 aliphatic carbocycles. The van der Waals surface area contributed by atoms with Crippen molar-refractivity contribution in [3.05, 3.63) is 82.7 Å². The molecule has 3 aliphatic heterocycles. The maximum absolute atomic E-state index is 13.7. The minimum absolute atomic E-state index is 0.0551. The van der Waals surface area contributed by atoms with E-state index in [0.717, 1.165) is 59.8 Å². The fraction of sp³-hybridized carbons (Fsp3) is 0.364. The average Bonchev–Trinajstić information content (AvgIpc) is 3.70. The standard InChI is InChI=1S/C33H34N4O3/c1-20-16-26(32-34-21(2)40-35-32)8-9-27(20)22-4-6-24(7-5-22)33(38)37-15-12-25-17-31-28(18-30(25)37)29(19-39-31)23-10-13-36(3)14-11-23/h4-9,16-18,23,29H,10-15,19H2,1-3H3. The van der Waals surface area contributed by atoms with E-state index in [1.54, 1.807) is 6.92 Å². The van der Waals surface area contributed by atoms with Crippen LogP contribution in [0.2, 0.25) is 0 Å². The lowest BCUT2D eigenvalue weighted by Gasteiger charge is -2.32. The van der Waals surface area contributed by atoms with E-state index >= 15 is 0 Å². The van der Waals surface area contributed by atoms with Crippen LogP contribution in [0.1, 0.15) is 51.7 Å². The summed E-state index contributed by atoms with van der Waals surface area (Å²) in [5, 5.41) is 4.03. The first-order valence-electron chi connectivity index (χ1n) is 14.3. The Morgan fingerprint density at radius 1 is 0.950 bits per heavy atom. The Morgan fingerprint density at radius 2 is 1.73 bits per heavy atom. The predicted molar refractivity (Wildman–Crippen MR) is 155 cm³/mol. The Morgan fingerprint density at radius 3 is 2.45 bits per heavy atom. The van der Waals surface area contributed by atoms with Crippen molar-refractivity contribution in [1.29, 1.82) is 0 Å². The Labute approximate surface area is 234 Å². The lowest BCUT2D eigenvalue weighted by molar-refractivity contribution is 0.0989. The first-order chi connectivity index (χ1) is 19.4. The predicted octanol–water partition coefficient (Wildman–Crippen LogP) is 6.04. The van der Waals surface area contributed by atoms with Gasteiger partial charge in [0.25, 0.3) is 5.91 Å². The van der Waals surface area contributed by atoms with Crippen molar-refractivity contribution in [1.82, 2.24) is 15.0 Å². The number of likely N-dealkylation sites (tertiary alicyclic amines) is 1. The second kappa shape index (κ2) is 9.89. The molecule has 1 aromatic heterocycles. The van der Waals surface area contributed by atoms with Crippen molar-refractivity contribution in [2.24, 2.45) is 5.92 Å². The van der Waals surface area contributed by atoms with E-state index in [1.165, 1.54) is 24.0 Å². The number of nitrogens with zero attached hydrogens (tertiary/aromatic N) is 4. The van der Waals surface area contributed by atoms with Gasteiger partial charge >= 0.3 is 0 Å². The Kier molecular flexibility index (Phi) is 6.19. The fourth-order valence-corrected chi connectivity index (χ4v) is 6.64. The number of aromatic nitrogens is 2. The first-order valence-corrected chi connectivity index (χ1v) is 14.3. The van der Waals surface area contributed by atoms with E-state index in [1.807, 2.05) is 35.2 Å². The van der Waals surface area contributed by atoms with Crippen LogP contribution in [0.5, 0.6) is 5.75 Å². The normalized spacial score (nSPS) is 19.0. The van der Waals surface area contributed by atoms with Crippen LogP contribution in [0.25, 0.3) is 22.5 Å². The fourth-order valence-electron chi connectivity index (χ4n) is 6.64. The summed E-state index contributed by atoms with van der Waals surface area (Å²) >= 11 is 0. The highest BCUT2D eigenvalue weighted by atomic mass is 16.5. The second-order valence-electron chi connectivity index (χ2n) is 11.5. The molecule has 1 unspecified atom stereocenters. The average molecular weight is 535 g/mol. The van der Waals surface area contributed by atoms with Crippen LogP contribution in [0, 0.1) is 19.8 Å². The minimum atomic E-state index is 0.0551. The number of piperidine rings is 1. The maximum atomic E-state index is 13.7. The third kappa shape index (κ3) is 4.38. The summed E-state index contributed by atoms with van der Waals surface area (Å²) in [5.74, 6) is 3.28. The van der Waals surface area contributed by atoms with Gasteiger partial charge in [-0.2, -0.15) is 4.98 Å². The van der Waals surface area contributed by atoms with Gasteiger partial charge in [0.05, 0.1) is 6.61 Å². The number of carbonyl (C=O) groups is 1. The molecular formula is C33H34N4O3. The molecule has 3 aromatic carbocycles. The number of hydrogen-bond acceptors (Lipinski definition) is 6. The van der Waals surface area contributed by atoms with Crippen LogP contribution in [0.4, 0.5) is 5.69 Å². The molecular weight excluding hydrogens is 500 g/mol. The number of benzene rings is 3. The quantitative estimate of drug-likeness (QED) is 0.318. The number of carbonyl (C=O) groups excluding carboxylic acids is 1. The van der Waals surface area contributed by atoms with Crippen molar-refractivity contribution < 1.29 is 14.1 Å². The number of anilines is 1. The summed E-state index contributed by atoms with van der Waals surface area (Å²) in [5.41, 5.74) is 8.48. The van der Waals surface area contributed by atoms with Crippen LogP contribution >= 0.6 is 0 Å². The Balaban J connectivity index is 1.11. The number of hydrogen-bond donors (Lipinski definition) is 0. The zero-order valence-corrected chi connectivity index (χ0v) is 23.3. The SMILES string of the molecule is Cc1nc(-c2ccc(-c3ccc(C(=O)N4CCc5cc6c(cc54)C(C4CCN(C)CC4)CO6)cc3)c(C)c2)no1. The monoisotopic (exact) mass is 534 g/mol. The van der Waals surface area contributed by atoms with E-state index in [4.69, 9.17) is 9.26 Å². The molecule has 7 heteroatoms. The molecule has 1 fully saturated rings. The summed E-state index contributed by atoms with van der Waals surface area (Å²) in [4.78, 5) is 22.4. The number of rotatable bonds is 4. The van der Waals surface area contributed by atoms with Crippen molar-refractivity contribution >= 4 is 11.6 Å². The van der Waals surface area contributed by atoms with Gasteiger partial charge in [0.15, 0.2) is 0 Å². The lowest BCUT2D eigenvalue weighted by atomic mass is 9.81. The van der Waals surface area contributed by atoms with Gasteiger partial charge in [-0.1, -0.05) is 29.4 Å². The molecule has 3 aliphatic rings. The third-order valence-corrected chi connectivity index (χ3v) is 8.96. The number of ether oxygens (including phenoxy) is 1. The largest absolute Gasteiger partial charge is 0.493 e. The number of amides is 1. The van der Waals surface area contributed by atoms with Crippen molar-refractivity contribution in [2.75, 3.05) is 38.2 Å². The highest BCUT2D eigenvalue weighted by molar-refractivity contribution is 6.07. The molecule has 40 heavy (non-hydrogen) atoms. The smallest absolute Gasteiger partial charge is 0.258 e. The van der Waals surface area contributed by atoms with E-state index in [-0.39, 0.29) is 5.91 Å². The second-order valence-corrected chi connectivity index (χ2v) is 11.5. The highest BCUT2D eigenvalue weighted by Gasteiger charge is 2.36. The molecule has 0 spiro atoms. The van der Waals surface area contributed by atoms with Gasteiger partial charge in [0.2, 0.25) is 11.7 Å². The first kappa shape index (κ1) is 25.0. The topological polar surface area (TPSA) is 71.7 Å². The van der Waals surface area contributed by atoms with Gasteiger partial charge in [-0.15, -0.1) is 0 Å². The van der Waals surface area contributed by atoms with E-state index < -0.39 is 0 Å². The van der Waals surface area contributed by atoms with Crippen molar-refractivity contribution in [3.63, 3.8) is 0 Å². The maximum Gasteiger partial charge on any atom is 0.258 e. The lowest BCUT2D eigenvalue weighted by Crippen LogP contribution is -2.33. The summed E-state index contributed by atoms with van der Waals surface area (Å²) in [6.45, 7) is 7.61. The summed E-state index contributed by atoms with van der Waals surface area (Å²) in [6, 6.07) is 18.6. The molecule has 204 valence electrons. The molecule has 0 N–H and O–H groups in total. The number of aryl methyl sites for hydroxylation is 2. The van der Waals surface area contributed by atoms with Crippen LogP contribution in [0.15, 0.2) is 59.1 Å². The summed E-state index contributed by atoms with van der Waals surface area (Å²) in [7, 11) is 2.20. The Hall–Kier alpha value is -3.97. The van der Waals surface area contributed by atoms with Crippen LogP contribution in [-0.2, 0) is 6.42 Å². The van der Waals surface area contributed by atoms with Gasteiger partial charge < -0.3 is 19.1 Å². The molecule has 7 nitrogen and oxygen atoms in total. The molecule has 7 rings (SSSR count). The molecule has 0 saturated carbocycles. The van der Waals surface area contributed by atoms with Crippen molar-refractivity contribution in [3.8, 4) is 28.3 Å². The molecule has 1 saturated heterocycles. The van der Waals surface area contributed by atoms with Gasteiger partial charge in [0, 0.05) is 41.8 Å². The van der Waals surface area contributed by atoms with Gasteiger partial charge in [-0.3, -0.25) is 4.79 Å². The zero-order chi connectivity index (χ0) is 27.4. The molecule has 1 atom stereocenters. The van der Waals surface area contributed by atoms with Crippen molar-refractivity contribution in [2.45, 2.75) is 39.0 Å². The Bertz CT molecular complexity index is 1580. The van der Waals surface area contributed by atoms with Gasteiger partial charge in [0.1, 0.15) is 5.75 Å². The van der Waals surface area contributed by atoms with Gasteiger partial charge in [-0.25, -0.2) is 0 Å². The molecule has 4 heterocycles. The highest BCUT2D eigenvalue weighted by Crippen LogP contribution is 2.46. The molecule has 0 bridgehead atoms. The van der Waals surface area contributed by atoms with E-state index in [9.17, 15) is 4.79 Å². The molecule has 4 aromatic rings. The van der Waals surface area contributed by atoms with Gasteiger partial charge in [-0.05, 0) is 105 Å². The van der Waals surface area contributed by atoms with Crippen LogP contribution in [-0.4, -0.2) is 54.2 Å². The third-order valence-electron chi connectivity index (χ3n) is 8.96. The van der Waals surface area contributed by atoms with Crippen LogP contribution in [0.3, 0.4) is 0 Å². The summed E-state index contributed by atoms with van der Waals surface area (Å²) < 4.78 is 11.3. The summed E-state index contributed by atoms with van der Waals surface area (Å²) in [6.07, 6.45) is 3.27. The zero-order valence-electron chi connectivity index (χ0n) is 23.3. The minimum Gasteiger partial charge on any atom is -0.493 e. The number of fused-ring (bicyclic) bond motifs is 2. The van der Waals surface area contributed by atoms with Crippen LogP contribution < -0.4 is 9.64 Å².